The lowest BCUT2D eigenvalue weighted by atomic mass is 10.1. The van der Waals surface area contributed by atoms with E-state index < -0.39 is 0 Å². The molecule has 90 valence electrons. The highest BCUT2D eigenvalue weighted by atomic mass is 16.3. The Morgan fingerprint density at radius 3 is 2.76 bits per heavy atom. The number of hydrogen-bond donors (Lipinski definition) is 1. The average Bonchev–Trinajstić information content (AvgIpc) is 2.62. The van der Waals surface area contributed by atoms with E-state index in [4.69, 9.17) is 4.42 Å². The fourth-order valence-corrected chi connectivity index (χ4v) is 1.62. The molecule has 17 heavy (non-hydrogen) atoms. The van der Waals surface area contributed by atoms with Crippen molar-refractivity contribution >= 4 is 0 Å². The molecular weight excluding hydrogens is 218 g/mol. The first-order valence-electron chi connectivity index (χ1n) is 5.57. The van der Waals surface area contributed by atoms with E-state index in [0.717, 1.165) is 12.1 Å². The molecule has 0 unspecified atom stereocenters. The van der Waals surface area contributed by atoms with E-state index >= 15 is 0 Å². The Bertz CT molecular complexity index is 569. The molecule has 0 saturated heterocycles. The molecule has 5 heteroatoms. The monoisotopic (exact) mass is 233 g/mol. The first-order valence-corrected chi connectivity index (χ1v) is 5.57. The molecule has 0 bridgehead atoms. The summed E-state index contributed by atoms with van der Waals surface area (Å²) in [5.41, 5.74) is 1.18. The zero-order valence-corrected chi connectivity index (χ0v) is 10.2. The van der Waals surface area contributed by atoms with Crippen molar-refractivity contribution in [1.82, 2.24) is 15.0 Å². The molecule has 0 fully saturated rings. The Morgan fingerprint density at radius 1 is 1.41 bits per heavy atom. The van der Waals surface area contributed by atoms with E-state index in [1.165, 1.54) is 12.3 Å². The number of aromatic nitrogens is 3. The molecule has 0 radical (unpaired) electrons. The molecule has 2 heterocycles. The Balaban J connectivity index is 2.41. The Labute approximate surface area is 98.9 Å². The highest BCUT2D eigenvalue weighted by molar-refractivity contribution is 5.46. The molecule has 0 spiro atoms. The van der Waals surface area contributed by atoms with Crippen LogP contribution in [-0.4, -0.2) is 15.0 Å². The number of oxazole rings is 1. The maximum atomic E-state index is 11.5. The van der Waals surface area contributed by atoms with E-state index in [1.54, 1.807) is 6.92 Å². The number of rotatable bonds is 3. The minimum Gasteiger partial charge on any atom is -0.449 e. The van der Waals surface area contributed by atoms with Gasteiger partial charge in [0.15, 0.2) is 11.7 Å². The average molecular weight is 233 g/mol. The van der Waals surface area contributed by atoms with Gasteiger partial charge in [0.1, 0.15) is 12.0 Å². The molecule has 0 saturated carbocycles. The maximum absolute atomic E-state index is 11.5. The molecule has 0 aliphatic rings. The molecule has 5 nitrogen and oxygen atoms in total. The van der Waals surface area contributed by atoms with Crippen LogP contribution in [0.4, 0.5) is 0 Å². The second kappa shape index (κ2) is 4.53. The molecule has 0 aromatic carbocycles. The molecule has 0 aliphatic carbocycles. The topological polar surface area (TPSA) is 71.8 Å². The maximum Gasteiger partial charge on any atom is 0.251 e. The van der Waals surface area contributed by atoms with Crippen molar-refractivity contribution in [2.24, 2.45) is 5.92 Å². The molecule has 1 N–H and O–H groups in total. The zero-order chi connectivity index (χ0) is 12.4. The van der Waals surface area contributed by atoms with Gasteiger partial charge in [-0.15, -0.1) is 0 Å². The van der Waals surface area contributed by atoms with E-state index in [2.05, 4.69) is 28.8 Å². The lowest BCUT2D eigenvalue weighted by Crippen LogP contribution is -2.11. The van der Waals surface area contributed by atoms with Crippen LogP contribution < -0.4 is 5.56 Å². The summed E-state index contributed by atoms with van der Waals surface area (Å²) >= 11 is 0. The lowest BCUT2D eigenvalue weighted by Gasteiger charge is -2.04. The first-order chi connectivity index (χ1) is 8.04. The second-order valence-electron chi connectivity index (χ2n) is 4.44. The third kappa shape index (κ3) is 2.81. The van der Waals surface area contributed by atoms with Crippen LogP contribution in [0.5, 0.6) is 0 Å². The smallest absolute Gasteiger partial charge is 0.251 e. The molecule has 0 aliphatic heterocycles. The van der Waals surface area contributed by atoms with Gasteiger partial charge in [0.05, 0.1) is 0 Å². The number of hydrogen-bond acceptors (Lipinski definition) is 4. The Morgan fingerprint density at radius 2 is 2.18 bits per heavy atom. The third-order valence-electron chi connectivity index (χ3n) is 2.27. The number of aromatic amines is 1. The van der Waals surface area contributed by atoms with Crippen LogP contribution in [0, 0.1) is 12.8 Å². The van der Waals surface area contributed by atoms with Gasteiger partial charge in [0.25, 0.3) is 5.56 Å². The first kappa shape index (κ1) is 11.6. The summed E-state index contributed by atoms with van der Waals surface area (Å²) in [5.74, 6) is 1.47. The predicted molar refractivity (Wildman–Crippen MR) is 63.6 cm³/mol. The number of aryl methyl sites for hydroxylation is 1. The van der Waals surface area contributed by atoms with Gasteiger partial charge in [0.2, 0.25) is 0 Å². The van der Waals surface area contributed by atoms with Gasteiger partial charge in [-0.05, 0) is 12.3 Å². The van der Waals surface area contributed by atoms with E-state index in [1.807, 2.05) is 0 Å². The number of H-pyrrole nitrogens is 1. The van der Waals surface area contributed by atoms with Gasteiger partial charge in [-0.1, -0.05) is 13.8 Å². The van der Waals surface area contributed by atoms with Crippen molar-refractivity contribution < 1.29 is 4.42 Å². The summed E-state index contributed by atoms with van der Waals surface area (Å²) in [6.45, 7) is 5.92. The van der Waals surface area contributed by atoms with Crippen LogP contribution in [0.25, 0.3) is 11.5 Å². The molecule has 2 aromatic rings. The summed E-state index contributed by atoms with van der Waals surface area (Å²) in [4.78, 5) is 22.7. The van der Waals surface area contributed by atoms with Crippen molar-refractivity contribution in [2.45, 2.75) is 27.2 Å². The van der Waals surface area contributed by atoms with Crippen molar-refractivity contribution in [1.29, 1.82) is 0 Å². The van der Waals surface area contributed by atoms with Crippen LogP contribution in [0.15, 0.2) is 21.5 Å². The molecule has 0 amide bonds. The highest BCUT2D eigenvalue weighted by Crippen LogP contribution is 2.13. The Kier molecular flexibility index (Phi) is 3.08. The van der Waals surface area contributed by atoms with Crippen LogP contribution in [-0.2, 0) is 6.42 Å². The largest absolute Gasteiger partial charge is 0.449 e. The van der Waals surface area contributed by atoms with Crippen molar-refractivity contribution in [3.8, 4) is 11.5 Å². The summed E-state index contributed by atoms with van der Waals surface area (Å²) < 4.78 is 5.11. The summed E-state index contributed by atoms with van der Waals surface area (Å²) in [7, 11) is 0. The van der Waals surface area contributed by atoms with Crippen LogP contribution in [0.3, 0.4) is 0 Å². The zero-order valence-electron chi connectivity index (χ0n) is 10.2. The van der Waals surface area contributed by atoms with Crippen molar-refractivity contribution in [2.75, 3.05) is 0 Å². The van der Waals surface area contributed by atoms with Gasteiger partial charge in [0, 0.05) is 18.7 Å². The fraction of sp³-hybridized carbons (Fsp3) is 0.417. The van der Waals surface area contributed by atoms with Gasteiger partial charge in [-0.2, -0.15) is 0 Å². The summed E-state index contributed by atoms with van der Waals surface area (Å²) in [5, 5.41) is 0. The van der Waals surface area contributed by atoms with Gasteiger partial charge < -0.3 is 9.40 Å². The summed E-state index contributed by atoms with van der Waals surface area (Å²) in [6, 6.07) is 1.52. The molecule has 2 aromatic heterocycles. The van der Waals surface area contributed by atoms with Gasteiger partial charge in [-0.3, -0.25) is 4.79 Å². The second-order valence-corrected chi connectivity index (χ2v) is 4.44. The highest BCUT2D eigenvalue weighted by Gasteiger charge is 2.09. The SMILES string of the molecule is Cc1nc(-c2nc(CC(C)C)cc(=O)[nH]2)co1. The van der Waals surface area contributed by atoms with E-state index in [0.29, 0.717) is 23.3 Å². The number of nitrogens with one attached hydrogen (secondary N) is 1. The van der Waals surface area contributed by atoms with E-state index in [9.17, 15) is 4.79 Å². The molecule has 2 rings (SSSR count). The van der Waals surface area contributed by atoms with Crippen LogP contribution >= 0.6 is 0 Å². The van der Waals surface area contributed by atoms with Crippen molar-refractivity contribution in [3.63, 3.8) is 0 Å². The van der Waals surface area contributed by atoms with Crippen molar-refractivity contribution in [3.05, 3.63) is 34.3 Å². The van der Waals surface area contributed by atoms with Gasteiger partial charge >= 0.3 is 0 Å². The van der Waals surface area contributed by atoms with E-state index in [-0.39, 0.29) is 5.56 Å². The standard InChI is InChI=1S/C12H15N3O2/c1-7(2)4-9-5-11(16)15-12(14-9)10-6-17-8(3)13-10/h5-7H,4H2,1-3H3,(H,14,15,16). The summed E-state index contributed by atoms with van der Waals surface area (Å²) in [6.07, 6.45) is 2.26. The minimum absolute atomic E-state index is 0.161. The van der Waals surface area contributed by atoms with Crippen LogP contribution in [0.1, 0.15) is 25.4 Å². The van der Waals surface area contributed by atoms with Gasteiger partial charge in [-0.25, -0.2) is 9.97 Å². The number of nitrogens with zero attached hydrogens (tertiary/aromatic N) is 2. The van der Waals surface area contributed by atoms with Crippen LogP contribution in [0.2, 0.25) is 0 Å². The quantitative estimate of drug-likeness (QED) is 0.879. The minimum atomic E-state index is -0.161. The molecular formula is C12H15N3O2. The Hall–Kier alpha value is -1.91. The predicted octanol–water partition coefficient (Wildman–Crippen LogP) is 1.93. The normalized spacial score (nSPS) is 11.1. The molecule has 0 atom stereocenters. The fourth-order valence-electron chi connectivity index (χ4n) is 1.62. The third-order valence-corrected chi connectivity index (χ3v) is 2.27. The lowest BCUT2D eigenvalue weighted by molar-refractivity contribution is 0.521.